The molecule has 2 rings (SSSR count). The standard InChI is InChI=1S/C18H27N3O2.ClH/c1-18(2,3)9-16(22)20-10-17(23)21-11-14(15(19)12-21)13-7-5-4-6-8-13;/h4-8,14-15H,9-12,19H2,1-3H3,(H,20,22);1H/t14-,15+;/m0./s1. The van der Waals surface area contributed by atoms with E-state index < -0.39 is 0 Å². The van der Waals surface area contributed by atoms with E-state index in [-0.39, 0.29) is 48.1 Å². The Labute approximate surface area is 150 Å². The molecule has 1 aromatic rings. The third-order valence-electron chi connectivity index (χ3n) is 4.07. The molecule has 5 nitrogen and oxygen atoms in total. The molecular formula is C18H28ClN3O2. The fraction of sp³-hybridized carbons (Fsp3) is 0.556. The Morgan fingerprint density at radius 3 is 2.42 bits per heavy atom. The van der Waals surface area contributed by atoms with Crippen LogP contribution in [-0.2, 0) is 9.59 Å². The van der Waals surface area contributed by atoms with E-state index in [0.717, 1.165) is 5.56 Å². The smallest absolute Gasteiger partial charge is 0.242 e. The van der Waals surface area contributed by atoms with Gasteiger partial charge in [-0.25, -0.2) is 0 Å². The van der Waals surface area contributed by atoms with Crippen molar-refractivity contribution in [3.63, 3.8) is 0 Å². The number of carbonyl (C=O) groups is 2. The molecular weight excluding hydrogens is 326 g/mol. The summed E-state index contributed by atoms with van der Waals surface area (Å²) in [6.45, 7) is 7.19. The first-order valence-electron chi connectivity index (χ1n) is 8.11. The molecule has 24 heavy (non-hydrogen) atoms. The van der Waals surface area contributed by atoms with Crippen LogP contribution in [0.4, 0.5) is 0 Å². The summed E-state index contributed by atoms with van der Waals surface area (Å²) in [7, 11) is 0. The van der Waals surface area contributed by atoms with Crippen molar-refractivity contribution in [2.24, 2.45) is 11.1 Å². The van der Waals surface area contributed by atoms with Gasteiger partial charge in [-0.2, -0.15) is 0 Å². The number of hydrogen-bond acceptors (Lipinski definition) is 3. The summed E-state index contributed by atoms with van der Waals surface area (Å²) in [6, 6.07) is 9.97. The molecule has 1 fully saturated rings. The number of halogens is 1. The van der Waals surface area contributed by atoms with E-state index in [9.17, 15) is 9.59 Å². The van der Waals surface area contributed by atoms with Gasteiger partial charge in [0, 0.05) is 31.5 Å². The lowest BCUT2D eigenvalue weighted by molar-refractivity contribution is -0.132. The summed E-state index contributed by atoms with van der Waals surface area (Å²) >= 11 is 0. The number of nitrogens with two attached hydrogens (primary N) is 1. The number of amides is 2. The van der Waals surface area contributed by atoms with Crippen molar-refractivity contribution < 1.29 is 9.59 Å². The Hall–Kier alpha value is -1.59. The molecule has 1 aromatic carbocycles. The SMILES string of the molecule is CC(C)(C)CC(=O)NCC(=O)N1C[C@@H](N)[C@H](c2ccccc2)C1.Cl. The summed E-state index contributed by atoms with van der Waals surface area (Å²) in [5, 5.41) is 2.71. The van der Waals surface area contributed by atoms with E-state index in [2.05, 4.69) is 5.32 Å². The van der Waals surface area contributed by atoms with Crippen LogP contribution in [0.15, 0.2) is 30.3 Å². The van der Waals surface area contributed by atoms with Crippen LogP contribution in [0.25, 0.3) is 0 Å². The van der Waals surface area contributed by atoms with E-state index in [1.807, 2.05) is 51.1 Å². The van der Waals surface area contributed by atoms with Gasteiger partial charge in [0.2, 0.25) is 11.8 Å². The molecule has 134 valence electrons. The molecule has 1 saturated heterocycles. The van der Waals surface area contributed by atoms with Gasteiger partial charge in [-0.15, -0.1) is 12.4 Å². The lowest BCUT2D eigenvalue weighted by Crippen LogP contribution is -2.40. The summed E-state index contributed by atoms with van der Waals surface area (Å²) in [5.41, 5.74) is 7.27. The Morgan fingerprint density at radius 1 is 1.21 bits per heavy atom. The normalized spacial score (nSPS) is 20.4. The molecule has 0 unspecified atom stereocenters. The van der Waals surface area contributed by atoms with Crippen molar-refractivity contribution in [1.82, 2.24) is 10.2 Å². The first-order chi connectivity index (χ1) is 10.8. The van der Waals surface area contributed by atoms with Crippen LogP contribution >= 0.6 is 12.4 Å². The second kappa shape index (κ2) is 8.49. The molecule has 0 radical (unpaired) electrons. The Bertz CT molecular complexity index is 557. The molecule has 0 spiro atoms. The predicted octanol–water partition coefficient (Wildman–Crippen LogP) is 1.91. The molecule has 0 aliphatic carbocycles. The number of carbonyl (C=O) groups excluding carboxylic acids is 2. The second-order valence-corrected chi connectivity index (χ2v) is 7.49. The van der Waals surface area contributed by atoms with Gasteiger partial charge in [0.1, 0.15) is 0 Å². The van der Waals surface area contributed by atoms with Crippen molar-refractivity contribution in [3.05, 3.63) is 35.9 Å². The maximum absolute atomic E-state index is 12.3. The highest BCUT2D eigenvalue weighted by Crippen LogP contribution is 2.26. The molecule has 0 bridgehead atoms. The lowest BCUT2D eigenvalue weighted by Gasteiger charge is -2.19. The van der Waals surface area contributed by atoms with E-state index >= 15 is 0 Å². The highest BCUT2D eigenvalue weighted by Gasteiger charge is 2.33. The molecule has 1 heterocycles. The Morgan fingerprint density at radius 2 is 1.83 bits per heavy atom. The minimum atomic E-state index is -0.0889. The quantitative estimate of drug-likeness (QED) is 0.868. The first-order valence-corrected chi connectivity index (χ1v) is 8.11. The zero-order valence-electron chi connectivity index (χ0n) is 14.6. The Kier molecular flexibility index (Phi) is 7.24. The molecule has 0 saturated carbocycles. The van der Waals surface area contributed by atoms with E-state index in [4.69, 9.17) is 5.73 Å². The van der Waals surface area contributed by atoms with Crippen molar-refractivity contribution in [2.75, 3.05) is 19.6 Å². The number of hydrogen-bond donors (Lipinski definition) is 2. The molecule has 1 aliphatic heterocycles. The fourth-order valence-electron chi connectivity index (χ4n) is 2.92. The summed E-state index contributed by atoms with van der Waals surface area (Å²) < 4.78 is 0. The summed E-state index contributed by atoms with van der Waals surface area (Å²) in [6.07, 6.45) is 0.409. The molecule has 0 aromatic heterocycles. The van der Waals surface area contributed by atoms with Crippen molar-refractivity contribution in [1.29, 1.82) is 0 Å². The van der Waals surface area contributed by atoms with Gasteiger partial charge in [0.15, 0.2) is 0 Å². The maximum atomic E-state index is 12.3. The van der Waals surface area contributed by atoms with Crippen LogP contribution < -0.4 is 11.1 Å². The van der Waals surface area contributed by atoms with E-state index in [1.165, 1.54) is 0 Å². The minimum absolute atomic E-state index is 0. The van der Waals surface area contributed by atoms with Gasteiger partial charge in [-0.3, -0.25) is 9.59 Å². The van der Waals surface area contributed by atoms with E-state index in [0.29, 0.717) is 19.5 Å². The van der Waals surface area contributed by atoms with Crippen LogP contribution in [0.2, 0.25) is 0 Å². The predicted molar refractivity (Wildman–Crippen MR) is 98.1 cm³/mol. The number of benzene rings is 1. The highest BCUT2D eigenvalue weighted by atomic mass is 35.5. The largest absolute Gasteiger partial charge is 0.347 e. The number of nitrogens with zero attached hydrogens (tertiary/aromatic N) is 1. The van der Waals surface area contributed by atoms with Crippen molar-refractivity contribution in [2.45, 2.75) is 39.2 Å². The lowest BCUT2D eigenvalue weighted by atomic mass is 9.92. The third kappa shape index (κ3) is 5.80. The highest BCUT2D eigenvalue weighted by molar-refractivity contribution is 5.85. The second-order valence-electron chi connectivity index (χ2n) is 7.49. The van der Waals surface area contributed by atoms with Crippen molar-refractivity contribution in [3.8, 4) is 0 Å². The molecule has 6 heteroatoms. The fourth-order valence-corrected chi connectivity index (χ4v) is 2.92. The third-order valence-corrected chi connectivity index (χ3v) is 4.07. The van der Waals surface area contributed by atoms with Crippen LogP contribution in [-0.4, -0.2) is 42.4 Å². The molecule has 2 amide bonds. The number of nitrogens with one attached hydrogen (secondary N) is 1. The zero-order valence-corrected chi connectivity index (χ0v) is 15.4. The molecule has 2 atom stereocenters. The van der Waals surface area contributed by atoms with E-state index in [1.54, 1.807) is 4.90 Å². The molecule has 1 aliphatic rings. The van der Waals surface area contributed by atoms with Crippen molar-refractivity contribution >= 4 is 24.2 Å². The Balaban J connectivity index is 0.00000288. The van der Waals surface area contributed by atoms with Gasteiger partial charge in [0.05, 0.1) is 6.54 Å². The maximum Gasteiger partial charge on any atom is 0.242 e. The number of rotatable bonds is 4. The van der Waals surface area contributed by atoms with Crippen LogP contribution in [0.3, 0.4) is 0 Å². The minimum Gasteiger partial charge on any atom is -0.347 e. The van der Waals surface area contributed by atoms with Gasteiger partial charge >= 0.3 is 0 Å². The average molecular weight is 354 g/mol. The number of likely N-dealkylation sites (tertiary alicyclic amines) is 1. The van der Waals surface area contributed by atoms with Gasteiger partial charge < -0.3 is 16.0 Å². The van der Waals surface area contributed by atoms with Crippen LogP contribution in [0.5, 0.6) is 0 Å². The van der Waals surface area contributed by atoms with Crippen LogP contribution in [0, 0.1) is 5.41 Å². The van der Waals surface area contributed by atoms with Gasteiger partial charge in [-0.05, 0) is 11.0 Å². The summed E-state index contributed by atoms with van der Waals surface area (Å²) in [4.78, 5) is 25.9. The average Bonchev–Trinajstić information content (AvgIpc) is 2.86. The summed E-state index contributed by atoms with van der Waals surface area (Å²) in [5.74, 6) is 0.000483. The van der Waals surface area contributed by atoms with Gasteiger partial charge in [0.25, 0.3) is 0 Å². The molecule has 3 N–H and O–H groups in total. The van der Waals surface area contributed by atoms with Crippen LogP contribution in [0.1, 0.15) is 38.7 Å². The zero-order chi connectivity index (χ0) is 17.0. The topological polar surface area (TPSA) is 75.4 Å². The first kappa shape index (κ1) is 20.5. The van der Waals surface area contributed by atoms with Gasteiger partial charge in [-0.1, -0.05) is 51.1 Å². The monoisotopic (exact) mass is 353 g/mol.